The Hall–Kier alpha value is -2.19. The molecule has 0 radical (unpaired) electrons. The fourth-order valence-corrected chi connectivity index (χ4v) is 5.26. The summed E-state index contributed by atoms with van der Waals surface area (Å²) in [7, 11) is -3.67. The van der Waals surface area contributed by atoms with Crippen molar-refractivity contribution < 1.29 is 22.5 Å². The summed E-state index contributed by atoms with van der Waals surface area (Å²) < 4.78 is 37.6. The van der Waals surface area contributed by atoms with Crippen molar-refractivity contribution in [2.24, 2.45) is 5.92 Å². The zero-order chi connectivity index (χ0) is 19.8. The molecular formula is C19H24N2O5S. The first-order valence-electron chi connectivity index (χ1n) is 8.91. The van der Waals surface area contributed by atoms with Crippen molar-refractivity contribution in [1.29, 1.82) is 0 Å². The molecule has 1 aliphatic heterocycles. The van der Waals surface area contributed by atoms with Crippen LogP contribution in [0.25, 0.3) is 0 Å². The summed E-state index contributed by atoms with van der Waals surface area (Å²) in [6.07, 6.45) is 0.846. The van der Waals surface area contributed by atoms with Gasteiger partial charge in [0.2, 0.25) is 10.0 Å². The number of rotatable bonds is 4. The van der Waals surface area contributed by atoms with Gasteiger partial charge in [-0.05, 0) is 63.8 Å². The lowest BCUT2D eigenvalue weighted by atomic mass is 9.98. The first-order valence-corrected chi connectivity index (χ1v) is 10.4. The van der Waals surface area contributed by atoms with E-state index >= 15 is 0 Å². The Balaban J connectivity index is 1.65. The normalized spacial score (nSPS) is 16.4. The quantitative estimate of drug-likeness (QED) is 0.587. The minimum Gasteiger partial charge on any atom is -0.426 e. The zero-order valence-corrected chi connectivity index (χ0v) is 16.8. The van der Waals surface area contributed by atoms with E-state index in [1.807, 2.05) is 32.0 Å². The number of esters is 1. The molecule has 0 bridgehead atoms. The maximum Gasteiger partial charge on any atom is 0.314 e. The van der Waals surface area contributed by atoms with Gasteiger partial charge in [-0.15, -0.1) is 0 Å². The first-order chi connectivity index (χ1) is 12.7. The Morgan fingerprint density at radius 2 is 1.70 bits per heavy atom. The third-order valence-electron chi connectivity index (χ3n) is 4.77. The molecule has 1 aromatic carbocycles. The largest absolute Gasteiger partial charge is 0.426 e. The van der Waals surface area contributed by atoms with E-state index in [4.69, 9.17) is 9.26 Å². The SMILES string of the molecule is Cc1cc(C)cc(OC(=O)C2CCN(S(=O)(=O)c3c(C)noc3C)CC2)c1. The van der Waals surface area contributed by atoms with Crippen LogP contribution in [0.5, 0.6) is 5.75 Å². The van der Waals surface area contributed by atoms with Gasteiger partial charge in [-0.2, -0.15) is 4.31 Å². The molecule has 1 fully saturated rings. The zero-order valence-electron chi connectivity index (χ0n) is 16.0. The lowest BCUT2D eigenvalue weighted by Gasteiger charge is -2.29. The molecule has 3 rings (SSSR count). The van der Waals surface area contributed by atoms with Crippen LogP contribution in [0.1, 0.15) is 35.4 Å². The number of nitrogens with zero attached hydrogens (tertiary/aromatic N) is 2. The molecule has 0 aliphatic carbocycles. The topological polar surface area (TPSA) is 89.7 Å². The number of carbonyl (C=O) groups is 1. The van der Waals surface area contributed by atoms with Gasteiger partial charge in [-0.1, -0.05) is 11.2 Å². The molecular weight excluding hydrogens is 368 g/mol. The molecule has 2 heterocycles. The summed E-state index contributed by atoms with van der Waals surface area (Å²) in [5, 5.41) is 3.73. The van der Waals surface area contributed by atoms with E-state index in [-0.39, 0.29) is 35.6 Å². The second kappa shape index (κ2) is 7.44. The molecule has 0 saturated carbocycles. The van der Waals surface area contributed by atoms with Gasteiger partial charge in [0, 0.05) is 13.1 Å². The summed E-state index contributed by atoms with van der Waals surface area (Å²) in [6, 6.07) is 5.65. The van der Waals surface area contributed by atoms with Gasteiger partial charge in [0.1, 0.15) is 16.3 Å². The molecule has 1 saturated heterocycles. The lowest BCUT2D eigenvalue weighted by molar-refractivity contribution is -0.140. The third kappa shape index (κ3) is 4.06. The smallest absolute Gasteiger partial charge is 0.314 e. The summed E-state index contributed by atoms with van der Waals surface area (Å²) >= 11 is 0. The maximum atomic E-state index is 12.8. The number of benzene rings is 1. The van der Waals surface area contributed by atoms with Crippen LogP contribution in [0.3, 0.4) is 0 Å². The van der Waals surface area contributed by atoms with E-state index in [1.54, 1.807) is 13.8 Å². The highest BCUT2D eigenvalue weighted by atomic mass is 32.2. The number of piperidine rings is 1. The van der Waals surface area contributed by atoms with E-state index in [0.717, 1.165) is 11.1 Å². The van der Waals surface area contributed by atoms with E-state index in [0.29, 0.717) is 24.3 Å². The van der Waals surface area contributed by atoms with Crippen molar-refractivity contribution in [1.82, 2.24) is 9.46 Å². The van der Waals surface area contributed by atoms with Crippen molar-refractivity contribution in [3.63, 3.8) is 0 Å². The van der Waals surface area contributed by atoms with Crippen molar-refractivity contribution >= 4 is 16.0 Å². The van der Waals surface area contributed by atoms with Crippen molar-refractivity contribution in [3.8, 4) is 5.75 Å². The predicted octanol–water partition coefficient (Wildman–Crippen LogP) is 2.91. The van der Waals surface area contributed by atoms with Gasteiger partial charge in [0.05, 0.1) is 5.92 Å². The second-order valence-electron chi connectivity index (χ2n) is 7.08. The average molecular weight is 392 g/mol. The van der Waals surface area contributed by atoms with Crippen LogP contribution in [-0.4, -0.2) is 36.9 Å². The second-order valence-corrected chi connectivity index (χ2v) is 8.95. The lowest BCUT2D eigenvalue weighted by Crippen LogP contribution is -2.41. The fraction of sp³-hybridized carbons (Fsp3) is 0.474. The number of hydrogen-bond acceptors (Lipinski definition) is 6. The molecule has 0 unspecified atom stereocenters. The number of aromatic nitrogens is 1. The Bertz CT molecular complexity index is 917. The van der Waals surface area contributed by atoms with E-state index < -0.39 is 10.0 Å². The number of sulfonamides is 1. The maximum absolute atomic E-state index is 12.8. The van der Waals surface area contributed by atoms with Gasteiger partial charge in [0.15, 0.2) is 5.76 Å². The predicted molar refractivity (Wildman–Crippen MR) is 99.0 cm³/mol. The number of aryl methyl sites for hydroxylation is 4. The first kappa shape index (κ1) is 19.6. The van der Waals surface area contributed by atoms with Crippen molar-refractivity contribution in [2.75, 3.05) is 13.1 Å². The van der Waals surface area contributed by atoms with Gasteiger partial charge in [-0.25, -0.2) is 8.42 Å². The molecule has 146 valence electrons. The molecule has 7 nitrogen and oxygen atoms in total. The Kier molecular flexibility index (Phi) is 5.39. The van der Waals surface area contributed by atoms with E-state index in [9.17, 15) is 13.2 Å². The van der Waals surface area contributed by atoms with Crippen LogP contribution < -0.4 is 4.74 Å². The Morgan fingerprint density at radius 3 is 2.22 bits per heavy atom. The number of ether oxygens (including phenoxy) is 1. The molecule has 0 spiro atoms. The standard InChI is InChI=1S/C19H24N2O5S/c1-12-9-13(2)11-17(10-12)25-19(22)16-5-7-21(8-6-16)27(23,24)18-14(3)20-26-15(18)4/h9-11,16H,5-8H2,1-4H3. The molecule has 27 heavy (non-hydrogen) atoms. The minimum absolute atomic E-state index is 0.124. The molecule has 1 aromatic heterocycles. The summed E-state index contributed by atoms with van der Waals surface area (Å²) in [5.41, 5.74) is 2.40. The van der Waals surface area contributed by atoms with Crippen molar-refractivity contribution in [2.45, 2.75) is 45.4 Å². The molecule has 8 heteroatoms. The van der Waals surface area contributed by atoms with Gasteiger partial charge >= 0.3 is 5.97 Å². The average Bonchev–Trinajstić information content (AvgIpc) is 2.93. The van der Waals surface area contributed by atoms with Crippen molar-refractivity contribution in [3.05, 3.63) is 40.8 Å². The van der Waals surface area contributed by atoms with Gasteiger partial charge < -0.3 is 9.26 Å². The van der Waals surface area contributed by atoms with Gasteiger partial charge in [-0.3, -0.25) is 4.79 Å². The monoisotopic (exact) mass is 392 g/mol. The Morgan fingerprint density at radius 1 is 1.11 bits per heavy atom. The molecule has 0 amide bonds. The highest BCUT2D eigenvalue weighted by Crippen LogP contribution is 2.28. The molecule has 0 N–H and O–H groups in total. The highest BCUT2D eigenvalue weighted by Gasteiger charge is 2.36. The van der Waals surface area contributed by atoms with Crippen LogP contribution in [-0.2, 0) is 14.8 Å². The summed E-state index contributed by atoms with van der Waals surface area (Å²) in [6.45, 7) is 7.61. The van der Waals surface area contributed by atoms with Crippen LogP contribution in [0.2, 0.25) is 0 Å². The molecule has 0 atom stereocenters. The summed E-state index contributed by atoms with van der Waals surface area (Å²) in [5.74, 6) is 0.184. The Labute approximate surface area is 159 Å². The van der Waals surface area contributed by atoms with E-state index in [2.05, 4.69) is 5.16 Å². The molecule has 2 aromatic rings. The fourth-order valence-electron chi connectivity index (χ4n) is 3.50. The van der Waals surface area contributed by atoms with Crippen LogP contribution in [0.15, 0.2) is 27.6 Å². The van der Waals surface area contributed by atoms with Crippen LogP contribution >= 0.6 is 0 Å². The minimum atomic E-state index is -3.67. The van der Waals surface area contributed by atoms with Crippen LogP contribution in [0, 0.1) is 33.6 Å². The number of hydrogen-bond donors (Lipinski definition) is 0. The third-order valence-corrected chi connectivity index (χ3v) is 6.91. The van der Waals surface area contributed by atoms with Gasteiger partial charge in [0.25, 0.3) is 0 Å². The number of carbonyl (C=O) groups excluding carboxylic acids is 1. The van der Waals surface area contributed by atoms with Crippen LogP contribution in [0.4, 0.5) is 0 Å². The summed E-state index contributed by atoms with van der Waals surface area (Å²) in [4.78, 5) is 12.6. The van der Waals surface area contributed by atoms with E-state index in [1.165, 1.54) is 4.31 Å². The highest BCUT2D eigenvalue weighted by molar-refractivity contribution is 7.89. The molecule has 1 aliphatic rings.